The van der Waals surface area contributed by atoms with E-state index in [9.17, 15) is 9.59 Å². The SMILES string of the molecule is O=C(c1ccco1)c1c(-c2cccs2)oc2ccccc2c1=O. The van der Waals surface area contributed by atoms with E-state index in [0.717, 1.165) is 4.88 Å². The molecule has 0 aliphatic rings. The molecule has 0 aliphatic carbocycles. The van der Waals surface area contributed by atoms with Gasteiger partial charge in [0.1, 0.15) is 11.1 Å². The van der Waals surface area contributed by atoms with E-state index >= 15 is 0 Å². The molecule has 0 aliphatic heterocycles. The number of fused-ring (bicyclic) bond motifs is 1. The van der Waals surface area contributed by atoms with Crippen LogP contribution in [0.3, 0.4) is 0 Å². The minimum atomic E-state index is -0.474. The van der Waals surface area contributed by atoms with Gasteiger partial charge in [-0.2, -0.15) is 0 Å². The molecule has 4 rings (SSSR count). The minimum Gasteiger partial charge on any atom is -0.461 e. The van der Waals surface area contributed by atoms with Gasteiger partial charge in [0.15, 0.2) is 11.5 Å². The van der Waals surface area contributed by atoms with Crippen LogP contribution in [0.1, 0.15) is 16.1 Å². The van der Waals surface area contributed by atoms with Crippen LogP contribution in [0.15, 0.2) is 73.8 Å². The third-order valence-electron chi connectivity index (χ3n) is 3.51. The van der Waals surface area contributed by atoms with Gasteiger partial charge in [0.25, 0.3) is 0 Å². The lowest BCUT2D eigenvalue weighted by Gasteiger charge is -2.07. The first kappa shape index (κ1) is 13.7. The molecule has 0 saturated heterocycles. The Morgan fingerprint density at radius 3 is 2.61 bits per heavy atom. The summed E-state index contributed by atoms with van der Waals surface area (Å²) in [5.41, 5.74) is 0.106. The van der Waals surface area contributed by atoms with E-state index in [1.54, 1.807) is 30.3 Å². The standard InChI is InChI=1S/C18H10O4S/c19-16-11-5-1-2-6-12(11)22-18(14-8-4-10-23-14)15(16)17(20)13-7-3-9-21-13/h1-10H. The molecule has 0 unspecified atom stereocenters. The summed E-state index contributed by atoms with van der Waals surface area (Å²) in [5, 5.41) is 2.24. The number of para-hydroxylation sites is 1. The predicted molar refractivity (Wildman–Crippen MR) is 87.9 cm³/mol. The number of rotatable bonds is 3. The Balaban J connectivity index is 2.08. The number of carbonyl (C=O) groups is 1. The van der Waals surface area contributed by atoms with Gasteiger partial charge in [-0.25, -0.2) is 0 Å². The van der Waals surface area contributed by atoms with Crippen molar-refractivity contribution in [3.05, 3.63) is 81.7 Å². The molecule has 0 amide bonds. The van der Waals surface area contributed by atoms with Gasteiger partial charge >= 0.3 is 0 Å². The summed E-state index contributed by atoms with van der Waals surface area (Å²) in [6, 6.07) is 13.7. The first-order valence-electron chi connectivity index (χ1n) is 6.93. The second-order valence-corrected chi connectivity index (χ2v) is 5.86. The fraction of sp³-hybridized carbons (Fsp3) is 0. The van der Waals surface area contributed by atoms with Crippen LogP contribution in [-0.2, 0) is 0 Å². The van der Waals surface area contributed by atoms with E-state index in [1.165, 1.54) is 23.7 Å². The van der Waals surface area contributed by atoms with Gasteiger partial charge in [0, 0.05) is 0 Å². The highest BCUT2D eigenvalue weighted by molar-refractivity contribution is 7.13. The molecule has 23 heavy (non-hydrogen) atoms. The van der Waals surface area contributed by atoms with Crippen molar-refractivity contribution < 1.29 is 13.6 Å². The second-order valence-electron chi connectivity index (χ2n) is 4.92. The highest BCUT2D eigenvalue weighted by Crippen LogP contribution is 2.30. The van der Waals surface area contributed by atoms with Crippen molar-refractivity contribution in [2.24, 2.45) is 0 Å². The molecule has 0 spiro atoms. The Morgan fingerprint density at radius 1 is 1.00 bits per heavy atom. The first-order valence-corrected chi connectivity index (χ1v) is 7.81. The highest BCUT2D eigenvalue weighted by atomic mass is 32.1. The smallest absolute Gasteiger partial charge is 0.235 e. The van der Waals surface area contributed by atoms with Crippen LogP contribution in [0.2, 0.25) is 0 Å². The molecule has 0 saturated carbocycles. The Morgan fingerprint density at radius 2 is 1.87 bits per heavy atom. The third kappa shape index (κ3) is 2.22. The first-order chi connectivity index (χ1) is 11.3. The number of hydrogen-bond donors (Lipinski definition) is 0. The van der Waals surface area contributed by atoms with Crippen LogP contribution in [-0.4, -0.2) is 5.78 Å². The molecule has 5 heteroatoms. The lowest BCUT2D eigenvalue weighted by atomic mass is 10.0. The summed E-state index contributed by atoms with van der Waals surface area (Å²) in [4.78, 5) is 26.3. The molecule has 3 heterocycles. The number of benzene rings is 1. The molecule has 1 aromatic carbocycles. The van der Waals surface area contributed by atoms with Crippen molar-refractivity contribution in [2.75, 3.05) is 0 Å². The Bertz CT molecular complexity index is 1040. The van der Waals surface area contributed by atoms with E-state index in [1.807, 2.05) is 17.5 Å². The van der Waals surface area contributed by atoms with E-state index < -0.39 is 5.78 Å². The molecule has 0 N–H and O–H groups in total. The summed E-state index contributed by atoms with van der Waals surface area (Å²) < 4.78 is 11.0. The average molecular weight is 322 g/mol. The quantitative estimate of drug-likeness (QED) is 0.526. The molecule has 0 radical (unpaired) electrons. The van der Waals surface area contributed by atoms with Gasteiger partial charge in [-0.15, -0.1) is 11.3 Å². The molecule has 3 aromatic heterocycles. The zero-order valence-electron chi connectivity index (χ0n) is 11.8. The van der Waals surface area contributed by atoms with E-state index in [4.69, 9.17) is 8.83 Å². The topological polar surface area (TPSA) is 60.4 Å². The van der Waals surface area contributed by atoms with E-state index in [0.29, 0.717) is 11.0 Å². The number of hydrogen-bond acceptors (Lipinski definition) is 5. The van der Waals surface area contributed by atoms with Gasteiger partial charge in [-0.3, -0.25) is 9.59 Å². The average Bonchev–Trinajstić information content (AvgIpc) is 3.28. The summed E-state index contributed by atoms with van der Waals surface area (Å²) in [5.74, 6) is -0.0756. The van der Waals surface area contributed by atoms with E-state index in [2.05, 4.69) is 0 Å². The lowest BCUT2D eigenvalue weighted by molar-refractivity contribution is 0.101. The number of furan rings is 1. The molecule has 0 atom stereocenters. The van der Waals surface area contributed by atoms with Crippen LogP contribution >= 0.6 is 11.3 Å². The predicted octanol–water partition coefficient (Wildman–Crippen LogP) is 4.35. The van der Waals surface area contributed by atoms with Crippen molar-refractivity contribution in [1.29, 1.82) is 0 Å². The van der Waals surface area contributed by atoms with Gasteiger partial charge in [0.05, 0.1) is 16.5 Å². The van der Waals surface area contributed by atoms with Crippen molar-refractivity contribution in [3.63, 3.8) is 0 Å². The Kier molecular flexibility index (Phi) is 3.20. The maximum absolute atomic E-state index is 12.9. The maximum atomic E-state index is 12.9. The molecule has 4 aromatic rings. The summed E-state index contributed by atoms with van der Waals surface area (Å²) >= 11 is 1.41. The van der Waals surface area contributed by atoms with Crippen LogP contribution in [0.5, 0.6) is 0 Å². The van der Waals surface area contributed by atoms with Gasteiger partial charge in [0.2, 0.25) is 11.2 Å². The summed E-state index contributed by atoms with van der Waals surface area (Å²) in [6.45, 7) is 0. The van der Waals surface area contributed by atoms with Gasteiger partial charge < -0.3 is 8.83 Å². The Hall–Kier alpha value is -2.92. The van der Waals surface area contributed by atoms with E-state index in [-0.39, 0.29) is 22.5 Å². The highest BCUT2D eigenvalue weighted by Gasteiger charge is 2.25. The number of ketones is 1. The lowest BCUT2D eigenvalue weighted by Crippen LogP contribution is -2.17. The van der Waals surface area contributed by atoms with Gasteiger partial charge in [-0.1, -0.05) is 18.2 Å². The van der Waals surface area contributed by atoms with Crippen molar-refractivity contribution >= 4 is 28.1 Å². The molecule has 112 valence electrons. The minimum absolute atomic E-state index is 0.00102. The normalized spacial score (nSPS) is 11.0. The summed E-state index contributed by atoms with van der Waals surface area (Å²) in [7, 11) is 0. The van der Waals surface area contributed by atoms with Gasteiger partial charge in [-0.05, 0) is 35.7 Å². The maximum Gasteiger partial charge on any atom is 0.235 e. The zero-order valence-corrected chi connectivity index (χ0v) is 12.6. The molecule has 4 nitrogen and oxygen atoms in total. The molecule has 0 bridgehead atoms. The van der Waals surface area contributed by atoms with Crippen LogP contribution in [0.4, 0.5) is 0 Å². The van der Waals surface area contributed by atoms with Crippen molar-refractivity contribution in [3.8, 4) is 10.6 Å². The molecular weight excluding hydrogens is 312 g/mol. The van der Waals surface area contributed by atoms with Crippen LogP contribution in [0, 0.1) is 0 Å². The Labute approximate surface area is 134 Å². The molecule has 0 fully saturated rings. The summed E-state index contributed by atoms with van der Waals surface area (Å²) in [6.07, 6.45) is 1.40. The van der Waals surface area contributed by atoms with Crippen molar-refractivity contribution in [2.45, 2.75) is 0 Å². The number of thiophene rings is 1. The molecular formula is C18H10O4S. The monoisotopic (exact) mass is 322 g/mol. The number of carbonyl (C=O) groups excluding carboxylic acids is 1. The fourth-order valence-electron chi connectivity index (χ4n) is 2.46. The third-order valence-corrected chi connectivity index (χ3v) is 4.38. The zero-order chi connectivity index (χ0) is 15.8. The van der Waals surface area contributed by atoms with Crippen molar-refractivity contribution in [1.82, 2.24) is 0 Å². The van der Waals surface area contributed by atoms with Crippen LogP contribution < -0.4 is 5.43 Å². The second kappa shape index (κ2) is 5.37. The fourth-order valence-corrected chi connectivity index (χ4v) is 3.17. The van der Waals surface area contributed by atoms with Crippen LogP contribution in [0.25, 0.3) is 21.6 Å². The largest absolute Gasteiger partial charge is 0.461 e.